The normalized spacial score (nSPS) is 16.9. The molecule has 4 heteroatoms. The lowest BCUT2D eigenvalue weighted by molar-refractivity contribution is -0.129. The van der Waals surface area contributed by atoms with E-state index in [1.165, 1.54) is 5.01 Å². The van der Waals surface area contributed by atoms with Crippen LogP contribution < -0.4 is 4.74 Å². The Morgan fingerprint density at radius 2 is 2.12 bits per heavy atom. The number of rotatable bonds is 4. The average molecular weight is 232 g/mol. The monoisotopic (exact) mass is 232 g/mol. The molecule has 1 aliphatic heterocycles. The standard InChI is InChI=1S/C13H16N2O2/c1-10-8-13(16)15(14-10)9-11(2)17-12-6-4-3-5-7-12/h3-7,11H,8-9H2,1-2H3. The van der Waals surface area contributed by atoms with Gasteiger partial charge in [-0.1, -0.05) is 18.2 Å². The summed E-state index contributed by atoms with van der Waals surface area (Å²) < 4.78 is 5.70. The van der Waals surface area contributed by atoms with E-state index in [0.29, 0.717) is 13.0 Å². The first-order chi connectivity index (χ1) is 8.15. The maximum absolute atomic E-state index is 11.5. The van der Waals surface area contributed by atoms with Gasteiger partial charge in [0.1, 0.15) is 11.9 Å². The van der Waals surface area contributed by atoms with Gasteiger partial charge in [0.05, 0.1) is 13.0 Å². The maximum Gasteiger partial charge on any atom is 0.248 e. The number of carbonyl (C=O) groups excluding carboxylic acids is 1. The maximum atomic E-state index is 11.5. The Labute approximate surface area is 101 Å². The molecule has 90 valence electrons. The van der Waals surface area contributed by atoms with E-state index in [1.54, 1.807) is 0 Å². The molecule has 0 N–H and O–H groups in total. The molecule has 1 aromatic carbocycles. The van der Waals surface area contributed by atoms with E-state index >= 15 is 0 Å². The number of carbonyl (C=O) groups is 1. The van der Waals surface area contributed by atoms with Crippen molar-refractivity contribution in [2.45, 2.75) is 26.4 Å². The Bertz CT molecular complexity index is 428. The molecule has 2 rings (SSSR count). The highest BCUT2D eigenvalue weighted by molar-refractivity contribution is 6.03. The smallest absolute Gasteiger partial charge is 0.248 e. The second kappa shape index (κ2) is 4.99. The number of nitrogens with zero attached hydrogens (tertiary/aromatic N) is 2. The van der Waals surface area contributed by atoms with Gasteiger partial charge in [-0.2, -0.15) is 5.10 Å². The molecule has 0 spiro atoms. The minimum atomic E-state index is -0.0731. The lowest BCUT2D eigenvalue weighted by Gasteiger charge is -2.19. The Morgan fingerprint density at radius 1 is 1.41 bits per heavy atom. The topological polar surface area (TPSA) is 41.9 Å². The van der Waals surface area contributed by atoms with Crippen LogP contribution in [0.5, 0.6) is 5.75 Å². The molecule has 0 saturated carbocycles. The van der Waals surface area contributed by atoms with Crippen LogP contribution in [0.4, 0.5) is 0 Å². The summed E-state index contributed by atoms with van der Waals surface area (Å²) in [6.45, 7) is 4.29. The van der Waals surface area contributed by atoms with Crippen molar-refractivity contribution in [2.75, 3.05) is 6.54 Å². The van der Waals surface area contributed by atoms with Crippen LogP contribution >= 0.6 is 0 Å². The third-order valence-electron chi connectivity index (χ3n) is 2.50. The van der Waals surface area contributed by atoms with Crippen LogP contribution in [0.3, 0.4) is 0 Å². The fraction of sp³-hybridized carbons (Fsp3) is 0.385. The second-order valence-corrected chi connectivity index (χ2v) is 4.23. The van der Waals surface area contributed by atoms with Crippen molar-refractivity contribution in [2.24, 2.45) is 5.10 Å². The largest absolute Gasteiger partial charge is 0.489 e. The number of benzene rings is 1. The van der Waals surface area contributed by atoms with Gasteiger partial charge < -0.3 is 4.74 Å². The molecule has 17 heavy (non-hydrogen) atoms. The van der Waals surface area contributed by atoms with E-state index in [9.17, 15) is 4.79 Å². The quantitative estimate of drug-likeness (QED) is 0.797. The zero-order valence-electron chi connectivity index (χ0n) is 10.1. The third-order valence-corrected chi connectivity index (χ3v) is 2.50. The number of hydrazone groups is 1. The minimum absolute atomic E-state index is 0.0472. The van der Waals surface area contributed by atoms with Crippen molar-refractivity contribution in [1.29, 1.82) is 0 Å². The van der Waals surface area contributed by atoms with Crippen LogP contribution in [-0.4, -0.2) is 29.3 Å². The van der Waals surface area contributed by atoms with E-state index < -0.39 is 0 Å². The third kappa shape index (κ3) is 3.06. The second-order valence-electron chi connectivity index (χ2n) is 4.23. The molecule has 1 aromatic rings. The number of ether oxygens (including phenoxy) is 1. The van der Waals surface area contributed by atoms with E-state index in [2.05, 4.69) is 5.10 Å². The first-order valence-electron chi connectivity index (χ1n) is 5.71. The van der Waals surface area contributed by atoms with Crippen molar-refractivity contribution < 1.29 is 9.53 Å². The van der Waals surface area contributed by atoms with Gasteiger partial charge in [-0.3, -0.25) is 4.79 Å². The Kier molecular flexibility index (Phi) is 3.42. The highest BCUT2D eigenvalue weighted by atomic mass is 16.5. The molecule has 0 aliphatic carbocycles. The molecular formula is C13H16N2O2. The van der Waals surface area contributed by atoms with E-state index in [4.69, 9.17) is 4.74 Å². The average Bonchev–Trinajstić information content (AvgIpc) is 2.58. The van der Waals surface area contributed by atoms with Crippen LogP contribution in [0, 0.1) is 0 Å². The van der Waals surface area contributed by atoms with Crippen molar-refractivity contribution in [3.8, 4) is 5.75 Å². The molecule has 4 nitrogen and oxygen atoms in total. The fourth-order valence-corrected chi connectivity index (χ4v) is 1.76. The summed E-state index contributed by atoms with van der Waals surface area (Å²) in [5.41, 5.74) is 0.863. The van der Waals surface area contributed by atoms with E-state index in [0.717, 1.165) is 11.5 Å². The summed E-state index contributed by atoms with van der Waals surface area (Å²) >= 11 is 0. The molecule has 1 unspecified atom stereocenters. The van der Waals surface area contributed by atoms with Gasteiger partial charge in [-0.05, 0) is 26.0 Å². The Balaban J connectivity index is 1.90. The van der Waals surface area contributed by atoms with E-state index in [1.807, 2.05) is 44.2 Å². The molecule has 1 aliphatic rings. The van der Waals surface area contributed by atoms with Crippen LogP contribution in [0.2, 0.25) is 0 Å². The molecule has 1 atom stereocenters. The number of hydrogen-bond acceptors (Lipinski definition) is 3. The van der Waals surface area contributed by atoms with Crippen molar-refractivity contribution in [3.63, 3.8) is 0 Å². The summed E-state index contributed by atoms with van der Waals surface area (Å²) in [6.07, 6.45) is 0.355. The van der Waals surface area contributed by atoms with Crippen LogP contribution in [-0.2, 0) is 4.79 Å². The molecule has 1 heterocycles. The molecule has 1 amide bonds. The molecule has 0 bridgehead atoms. The zero-order valence-corrected chi connectivity index (χ0v) is 10.1. The van der Waals surface area contributed by atoms with Crippen LogP contribution in [0.15, 0.2) is 35.4 Å². The highest BCUT2D eigenvalue weighted by Crippen LogP contribution is 2.13. The van der Waals surface area contributed by atoms with Gasteiger partial charge in [0.15, 0.2) is 0 Å². The van der Waals surface area contributed by atoms with E-state index in [-0.39, 0.29) is 12.0 Å². The van der Waals surface area contributed by atoms with Gasteiger partial charge in [0.2, 0.25) is 5.91 Å². The predicted octanol–water partition coefficient (Wildman–Crippen LogP) is 2.06. The van der Waals surface area contributed by atoms with Gasteiger partial charge in [0, 0.05) is 5.71 Å². The summed E-state index contributed by atoms with van der Waals surface area (Å²) in [5.74, 6) is 0.860. The summed E-state index contributed by atoms with van der Waals surface area (Å²) in [5, 5.41) is 5.66. The van der Waals surface area contributed by atoms with Gasteiger partial charge >= 0.3 is 0 Å². The van der Waals surface area contributed by atoms with Crippen molar-refractivity contribution >= 4 is 11.6 Å². The van der Waals surface area contributed by atoms with Gasteiger partial charge in [0.25, 0.3) is 0 Å². The Hall–Kier alpha value is -1.84. The van der Waals surface area contributed by atoms with Crippen LogP contribution in [0.1, 0.15) is 20.3 Å². The lowest BCUT2D eigenvalue weighted by atomic mass is 10.3. The predicted molar refractivity (Wildman–Crippen MR) is 66.0 cm³/mol. The molecule has 0 radical (unpaired) electrons. The molecule has 0 saturated heterocycles. The number of amides is 1. The van der Waals surface area contributed by atoms with Crippen molar-refractivity contribution in [1.82, 2.24) is 5.01 Å². The Morgan fingerprint density at radius 3 is 2.71 bits per heavy atom. The highest BCUT2D eigenvalue weighted by Gasteiger charge is 2.23. The zero-order chi connectivity index (χ0) is 12.3. The SMILES string of the molecule is CC1=NN(CC(C)Oc2ccccc2)C(=O)C1. The minimum Gasteiger partial charge on any atom is -0.489 e. The lowest BCUT2D eigenvalue weighted by Crippen LogP contribution is -2.32. The van der Waals surface area contributed by atoms with Crippen molar-refractivity contribution in [3.05, 3.63) is 30.3 Å². The summed E-state index contributed by atoms with van der Waals surface area (Å²) in [4.78, 5) is 11.5. The molecular weight excluding hydrogens is 216 g/mol. The molecule has 0 fully saturated rings. The van der Waals surface area contributed by atoms with Gasteiger partial charge in [-0.25, -0.2) is 5.01 Å². The molecule has 0 aromatic heterocycles. The fourth-order valence-electron chi connectivity index (χ4n) is 1.76. The number of para-hydroxylation sites is 1. The number of hydrogen-bond donors (Lipinski definition) is 0. The first kappa shape index (κ1) is 11.6. The summed E-state index contributed by atoms with van der Waals surface area (Å²) in [6, 6.07) is 9.58. The van der Waals surface area contributed by atoms with Crippen LogP contribution in [0.25, 0.3) is 0 Å². The summed E-state index contributed by atoms with van der Waals surface area (Å²) in [7, 11) is 0. The first-order valence-corrected chi connectivity index (χ1v) is 5.71. The van der Waals surface area contributed by atoms with Gasteiger partial charge in [-0.15, -0.1) is 0 Å².